The van der Waals surface area contributed by atoms with Gasteiger partial charge in [-0.15, -0.1) is 6.58 Å². The number of hydrogen-bond donors (Lipinski definition) is 2. The minimum absolute atomic E-state index is 0.284. The number of nitrogens with two attached hydrogens (primary N) is 1. The van der Waals surface area contributed by atoms with Crippen molar-refractivity contribution in [1.29, 1.82) is 0 Å². The smallest absolute Gasteiger partial charge is 0.254 e. The zero-order valence-electron chi connectivity index (χ0n) is 10.8. The second-order valence-electron chi connectivity index (χ2n) is 4.01. The van der Waals surface area contributed by atoms with Crippen LogP contribution in [-0.2, 0) is 14.3 Å². The number of rotatable bonds is 7. The first kappa shape index (κ1) is 14.9. The van der Waals surface area contributed by atoms with E-state index >= 15 is 0 Å². The van der Waals surface area contributed by atoms with Crippen LogP contribution in [0.3, 0.4) is 0 Å². The number of hydrogen-bond acceptors (Lipinski definition) is 3. The molecule has 2 atom stereocenters. The third-order valence-corrected chi connectivity index (χ3v) is 2.64. The molecule has 0 heterocycles. The molecular formula is C14H18N2O3. The van der Waals surface area contributed by atoms with E-state index in [9.17, 15) is 9.59 Å². The normalized spacial score (nSPS) is 13.3. The van der Waals surface area contributed by atoms with Crippen molar-refractivity contribution in [3.8, 4) is 0 Å². The van der Waals surface area contributed by atoms with E-state index in [1.54, 1.807) is 12.1 Å². The van der Waals surface area contributed by atoms with E-state index in [0.717, 1.165) is 0 Å². The molecule has 1 aromatic rings. The maximum Gasteiger partial charge on any atom is 0.254 e. The second-order valence-corrected chi connectivity index (χ2v) is 4.01. The fourth-order valence-electron chi connectivity index (χ4n) is 1.68. The number of carbonyl (C=O) groups is 2. The van der Waals surface area contributed by atoms with Crippen LogP contribution < -0.4 is 11.1 Å². The van der Waals surface area contributed by atoms with Crippen molar-refractivity contribution in [3.05, 3.63) is 48.6 Å². The number of carbonyl (C=O) groups excluding carboxylic acids is 2. The summed E-state index contributed by atoms with van der Waals surface area (Å²) in [6.07, 6.45) is 1.04. The second kappa shape index (κ2) is 7.33. The molecule has 5 nitrogen and oxygen atoms in total. The first-order valence-electron chi connectivity index (χ1n) is 5.88. The highest BCUT2D eigenvalue weighted by atomic mass is 16.5. The Hall–Kier alpha value is -2.14. The fourth-order valence-corrected chi connectivity index (χ4v) is 1.68. The number of benzene rings is 1. The summed E-state index contributed by atoms with van der Waals surface area (Å²) < 4.78 is 5.17. The Balaban J connectivity index is 2.79. The molecule has 0 aliphatic rings. The Morgan fingerprint density at radius 1 is 1.42 bits per heavy atom. The van der Waals surface area contributed by atoms with Crippen molar-refractivity contribution in [2.45, 2.75) is 18.6 Å². The van der Waals surface area contributed by atoms with Crippen molar-refractivity contribution in [3.63, 3.8) is 0 Å². The lowest BCUT2D eigenvalue weighted by atomic mass is 10.1. The standard InChI is InChI=1S/C14H18N2O3/c1-3-7-11(13(15)17)16-14(18)12(19-2)10-8-5-4-6-9-10/h3-6,8-9,11-12H,1,7H2,2H3,(H2,15,17)(H,16,18)/t11-,12-/m1/s1. The van der Waals surface area contributed by atoms with Crippen molar-refractivity contribution in [2.75, 3.05) is 7.11 Å². The summed E-state index contributed by atoms with van der Waals surface area (Å²) in [5, 5.41) is 2.56. The topological polar surface area (TPSA) is 81.4 Å². The molecule has 0 fully saturated rings. The monoisotopic (exact) mass is 262 g/mol. The number of nitrogens with one attached hydrogen (secondary N) is 1. The summed E-state index contributed by atoms with van der Waals surface area (Å²) >= 11 is 0. The molecular weight excluding hydrogens is 244 g/mol. The van der Waals surface area contributed by atoms with E-state index in [-0.39, 0.29) is 6.42 Å². The molecule has 0 unspecified atom stereocenters. The minimum Gasteiger partial charge on any atom is -0.368 e. The Morgan fingerprint density at radius 3 is 2.53 bits per heavy atom. The first-order valence-corrected chi connectivity index (χ1v) is 5.88. The number of primary amides is 1. The van der Waals surface area contributed by atoms with Gasteiger partial charge in [-0.3, -0.25) is 9.59 Å². The summed E-state index contributed by atoms with van der Waals surface area (Å²) in [6.45, 7) is 3.52. The van der Waals surface area contributed by atoms with Gasteiger partial charge >= 0.3 is 0 Å². The van der Waals surface area contributed by atoms with Gasteiger partial charge in [0.15, 0.2) is 6.10 Å². The third kappa shape index (κ3) is 4.22. The van der Waals surface area contributed by atoms with Crippen molar-refractivity contribution < 1.29 is 14.3 Å². The molecule has 0 aliphatic heterocycles. The van der Waals surface area contributed by atoms with Crippen LogP contribution in [0.15, 0.2) is 43.0 Å². The molecule has 0 saturated carbocycles. The van der Waals surface area contributed by atoms with Gasteiger partial charge in [0.05, 0.1) is 0 Å². The van der Waals surface area contributed by atoms with Crippen LogP contribution in [0.5, 0.6) is 0 Å². The lowest BCUT2D eigenvalue weighted by Crippen LogP contribution is -2.46. The van der Waals surface area contributed by atoms with Gasteiger partial charge in [-0.2, -0.15) is 0 Å². The molecule has 0 bridgehead atoms. The Labute approximate surface area is 112 Å². The van der Waals surface area contributed by atoms with Crippen molar-refractivity contribution in [1.82, 2.24) is 5.32 Å². The van der Waals surface area contributed by atoms with Crippen molar-refractivity contribution >= 4 is 11.8 Å². The zero-order chi connectivity index (χ0) is 14.3. The Kier molecular flexibility index (Phi) is 5.75. The summed E-state index contributed by atoms with van der Waals surface area (Å²) in [6, 6.07) is 8.25. The van der Waals surface area contributed by atoms with Gasteiger partial charge in [0.1, 0.15) is 6.04 Å². The molecule has 0 aliphatic carbocycles. The maximum absolute atomic E-state index is 12.1. The van der Waals surface area contributed by atoms with E-state index in [4.69, 9.17) is 10.5 Å². The van der Waals surface area contributed by atoms with Gasteiger partial charge in [0, 0.05) is 7.11 Å². The van der Waals surface area contributed by atoms with Gasteiger partial charge < -0.3 is 15.8 Å². The van der Waals surface area contributed by atoms with E-state index in [1.807, 2.05) is 18.2 Å². The molecule has 19 heavy (non-hydrogen) atoms. The fraction of sp³-hybridized carbons (Fsp3) is 0.286. The van der Waals surface area contributed by atoms with Crippen LogP contribution in [-0.4, -0.2) is 25.0 Å². The molecule has 1 rings (SSSR count). The lowest BCUT2D eigenvalue weighted by Gasteiger charge is -2.19. The van der Waals surface area contributed by atoms with Gasteiger partial charge in [-0.05, 0) is 12.0 Å². The molecule has 102 valence electrons. The summed E-state index contributed by atoms with van der Waals surface area (Å²) in [5.41, 5.74) is 5.92. The average Bonchev–Trinajstić information content (AvgIpc) is 2.40. The molecule has 0 radical (unpaired) electrons. The van der Waals surface area contributed by atoms with E-state index in [0.29, 0.717) is 5.56 Å². The zero-order valence-corrected chi connectivity index (χ0v) is 10.8. The van der Waals surface area contributed by atoms with Crippen LogP contribution in [0.1, 0.15) is 18.1 Å². The third-order valence-electron chi connectivity index (χ3n) is 2.64. The molecule has 3 N–H and O–H groups in total. The molecule has 0 saturated heterocycles. The summed E-state index contributed by atoms with van der Waals surface area (Å²) in [5.74, 6) is -1.00. The Bertz CT molecular complexity index is 445. The van der Waals surface area contributed by atoms with Gasteiger partial charge in [0.25, 0.3) is 5.91 Å². The molecule has 0 aromatic heterocycles. The van der Waals surface area contributed by atoms with Gasteiger partial charge in [0.2, 0.25) is 5.91 Å². The van der Waals surface area contributed by atoms with Gasteiger partial charge in [-0.25, -0.2) is 0 Å². The maximum atomic E-state index is 12.1. The summed E-state index contributed by atoms with van der Waals surface area (Å²) in [4.78, 5) is 23.3. The molecule has 2 amide bonds. The highest BCUT2D eigenvalue weighted by Gasteiger charge is 2.24. The minimum atomic E-state index is -0.772. The molecule has 1 aromatic carbocycles. The lowest BCUT2D eigenvalue weighted by molar-refractivity contribution is -0.134. The first-order chi connectivity index (χ1) is 9.10. The van der Waals surface area contributed by atoms with Crippen LogP contribution in [0.2, 0.25) is 0 Å². The van der Waals surface area contributed by atoms with Crippen LogP contribution >= 0.6 is 0 Å². The summed E-state index contributed by atoms with van der Waals surface area (Å²) in [7, 11) is 1.43. The van der Waals surface area contributed by atoms with Crippen LogP contribution in [0.4, 0.5) is 0 Å². The highest BCUT2D eigenvalue weighted by molar-refractivity contribution is 5.89. The SMILES string of the molecule is C=CC[C@@H](NC(=O)[C@H](OC)c1ccccc1)C(N)=O. The van der Waals surface area contributed by atoms with E-state index in [1.165, 1.54) is 13.2 Å². The van der Waals surface area contributed by atoms with E-state index < -0.39 is 24.0 Å². The quantitative estimate of drug-likeness (QED) is 0.717. The van der Waals surface area contributed by atoms with Crippen LogP contribution in [0, 0.1) is 0 Å². The predicted octanol–water partition coefficient (Wildman–Crippen LogP) is 0.920. The average molecular weight is 262 g/mol. The van der Waals surface area contributed by atoms with Crippen LogP contribution in [0.25, 0.3) is 0 Å². The Morgan fingerprint density at radius 2 is 2.05 bits per heavy atom. The van der Waals surface area contributed by atoms with Gasteiger partial charge in [-0.1, -0.05) is 36.4 Å². The number of amides is 2. The van der Waals surface area contributed by atoms with Crippen molar-refractivity contribution in [2.24, 2.45) is 5.73 Å². The molecule has 5 heteroatoms. The number of methoxy groups -OCH3 is 1. The molecule has 0 spiro atoms. The number of ether oxygens (including phenoxy) is 1. The predicted molar refractivity (Wildman–Crippen MR) is 72.1 cm³/mol. The largest absolute Gasteiger partial charge is 0.368 e. The highest BCUT2D eigenvalue weighted by Crippen LogP contribution is 2.16. The van der Waals surface area contributed by atoms with E-state index in [2.05, 4.69) is 11.9 Å².